The number of aromatic nitrogens is 2. The topological polar surface area (TPSA) is 46.9 Å². The first kappa shape index (κ1) is 21.1. The van der Waals surface area contributed by atoms with E-state index in [4.69, 9.17) is 0 Å². The van der Waals surface area contributed by atoms with Gasteiger partial charge in [0, 0.05) is 33.9 Å². The van der Waals surface area contributed by atoms with Gasteiger partial charge in [0.15, 0.2) is 11.6 Å². The van der Waals surface area contributed by atoms with Crippen LogP contribution in [-0.4, -0.2) is 15.6 Å². The fourth-order valence-corrected chi connectivity index (χ4v) is 4.55. The van der Waals surface area contributed by atoms with Crippen LogP contribution in [0.15, 0.2) is 95.9 Å². The Balaban J connectivity index is 1.51. The van der Waals surface area contributed by atoms with Crippen molar-refractivity contribution in [1.82, 2.24) is 9.78 Å². The van der Waals surface area contributed by atoms with Crippen molar-refractivity contribution < 1.29 is 18.0 Å². The van der Waals surface area contributed by atoms with Gasteiger partial charge in [-0.25, -0.2) is 4.68 Å². The van der Waals surface area contributed by atoms with Gasteiger partial charge in [-0.15, -0.1) is 5.10 Å². The zero-order valence-electron chi connectivity index (χ0n) is 17.0. The van der Waals surface area contributed by atoms with Crippen molar-refractivity contribution in [3.63, 3.8) is 0 Å². The van der Waals surface area contributed by atoms with Gasteiger partial charge < -0.3 is 5.32 Å². The van der Waals surface area contributed by atoms with Gasteiger partial charge in [0.25, 0.3) is 0 Å². The SMILES string of the molecule is O=C(/C=C1/Sc2ccccc2-c2cc(Nc3ccccc3)nn21)c1ccc(C(F)(F)F)cc1. The standard InChI is InChI=1S/C25H16F3N3OS/c26-25(27,28)17-12-10-16(11-13-17)21(32)15-24-31-20(19-8-4-5-9-22(19)33-24)14-23(30-31)29-18-6-2-1-3-7-18/h1-15H,(H,29,30)/b24-15+. The second-order valence-corrected chi connectivity index (χ2v) is 8.40. The third kappa shape index (κ3) is 4.29. The van der Waals surface area contributed by atoms with Gasteiger partial charge in [0.1, 0.15) is 5.03 Å². The second-order valence-electron chi connectivity index (χ2n) is 7.34. The van der Waals surface area contributed by atoms with Gasteiger partial charge in [0.05, 0.1) is 11.3 Å². The summed E-state index contributed by atoms with van der Waals surface area (Å²) in [4.78, 5) is 13.8. The quantitative estimate of drug-likeness (QED) is 0.259. The molecule has 0 fully saturated rings. The highest BCUT2D eigenvalue weighted by Gasteiger charge is 2.30. The highest BCUT2D eigenvalue weighted by Crippen LogP contribution is 2.45. The predicted octanol–water partition coefficient (Wildman–Crippen LogP) is 7.10. The third-order valence-electron chi connectivity index (χ3n) is 5.09. The highest BCUT2D eigenvalue weighted by atomic mass is 32.2. The van der Waals surface area contributed by atoms with E-state index in [0.29, 0.717) is 10.8 Å². The average molecular weight is 463 g/mol. The molecule has 4 nitrogen and oxygen atoms in total. The summed E-state index contributed by atoms with van der Waals surface area (Å²) < 4.78 is 40.2. The van der Waals surface area contributed by atoms with Crippen LogP contribution in [0, 0.1) is 0 Å². The Bertz CT molecular complexity index is 1360. The van der Waals surface area contributed by atoms with E-state index in [2.05, 4.69) is 10.4 Å². The summed E-state index contributed by atoms with van der Waals surface area (Å²) >= 11 is 1.38. The third-order valence-corrected chi connectivity index (χ3v) is 6.17. The minimum atomic E-state index is -4.45. The first-order chi connectivity index (χ1) is 15.9. The lowest BCUT2D eigenvalue weighted by Gasteiger charge is -2.19. The molecule has 4 aromatic rings. The van der Waals surface area contributed by atoms with Crippen molar-refractivity contribution in [2.45, 2.75) is 11.1 Å². The van der Waals surface area contributed by atoms with E-state index in [0.717, 1.165) is 34.0 Å². The molecule has 164 valence electrons. The molecule has 33 heavy (non-hydrogen) atoms. The molecule has 0 unspecified atom stereocenters. The number of para-hydroxylation sites is 1. The maximum absolute atomic E-state index is 12.9. The molecule has 1 aliphatic heterocycles. The first-order valence-electron chi connectivity index (χ1n) is 10.0. The molecule has 0 saturated heterocycles. The number of allylic oxidation sites excluding steroid dienone is 1. The largest absolute Gasteiger partial charge is 0.416 e. The number of anilines is 2. The van der Waals surface area contributed by atoms with Gasteiger partial charge >= 0.3 is 6.18 Å². The lowest BCUT2D eigenvalue weighted by atomic mass is 10.1. The molecule has 0 bridgehead atoms. The predicted molar refractivity (Wildman–Crippen MR) is 123 cm³/mol. The number of ketones is 1. The number of hydrogen-bond acceptors (Lipinski definition) is 4. The molecule has 0 amide bonds. The Hall–Kier alpha value is -3.78. The maximum atomic E-state index is 12.9. The molecule has 5 rings (SSSR count). The van der Waals surface area contributed by atoms with Crippen LogP contribution in [0.3, 0.4) is 0 Å². The summed E-state index contributed by atoms with van der Waals surface area (Å²) in [6, 6.07) is 23.5. The van der Waals surface area contributed by atoms with Crippen molar-refractivity contribution >= 4 is 34.1 Å². The monoisotopic (exact) mass is 463 g/mol. The van der Waals surface area contributed by atoms with Crippen molar-refractivity contribution in [3.05, 3.63) is 102 Å². The van der Waals surface area contributed by atoms with E-state index in [9.17, 15) is 18.0 Å². The molecule has 1 N–H and O–H groups in total. The van der Waals surface area contributed by atoms with Gasteiger partial charge in [0.2, 0.25) is 0 Å². The maximum Gasteiger partial charge on any atom is 0.416 e. The van der Waals surface area contributed by atoms with E-state index in [-0.39, 0.29) is 5.56 Å². The van der Waals surface area contributed by atoms with Crippen LogP contribution in [0.5, 0.6) is 0 Å². The average Bonchev–Trinajstić information content (AvgIpc) is 3.23. The van der Waals surface area contributed by atoms with Crippen LogP contribution in [0.1, 0.15) is 15.9 Å². The number of carbonyl (C=O) groups is 1. The molecule has 8 heteroatoms. The van der Waals surface area contributed by atoms with Crippen LogP contribution in [0.2, 0.25) is 0 Å². The second kappa shape index (κ2) is 8.29. The van der Waals surface area contributed by atoms with Crippen molar-refractivity contribution in [2.75, 3.05) is 5.32 Å². The van der Waals surface area contributed by atoms with E-state index < -0.39 is 17.5 Å². The normalized spacial score (nSPS) is 14.0. The minimum Gasteiger partial charge on any atom is -0.339 e. The Kier molecular flexibility index (Phi) is 5.30. The molecule has 0 aliphatic carbocycles. The van der Waals surface area contributed by atoms with Gasteiger partial charge in [-0.05, 0) is 30.3 Å². The molecule has 0 saturated carbocycles. The summed E-state index contributed by atoms with van der Waals surface area (Å²) in [5.74, 6) is 0.214. The van der Waals surface area contributed by atoms with Crippen LogP contribution in [0.4, 0.5) is 24.7 Å². The zero-order valence-corrected chi connectivity index (χ0v) is 17.8. The molecular weight excluding hydrogens is 447 g/mol. The first-order valence-corrected chi connectivity index (χ1v) is 10.8. The van der Waals surface area contributed by atoms with Crippen LogP contribution in [-0.2, 0) is 6.18 Å². The smallest absolute Gasteiger partial charge is 0.339 e. The molecule has 0 atom stereocenters. The summed E-state index contributed by atoms with van der Waals surface area (Å²) in [5.41, 5.74) is 2.05. The number of carbonyl (C=O) groups excluding carboxylic acids is 1. The zero-order chi connectivity index (χ0) is 23.0. The van der Waals surface area contributed by atoms with Gasteiger partial charge in [-0.2, -0.15) is 13.2 Å². The number of nitrogens with one attached hydrogen (secondary N) is 1. The van der Waals surface area contributed by atoms with E-state index >= 15 is 0 Å². The number of rotatable bonds is 4. The minimum absolute atomic E-state index is 0.172. The summed E-state index contributed by atoms with van der Waals surface area (Å²) in [7, 11) is 0. The lowest BCUT2D eigenvalue weighted by molar-refractivity contribution is -0.137. The number of hydrogen-bond donors (Lipinski definition) is 1. The number of alkyl halides is 3. The van der Waals surface area contributed by atoms with Crippen LogP contribution in [0.25, 0.3) is 16.3 Å². The Morgan fingerprint density at radius 2 is 1.64 bits per heavy atom. The van der Waals surface area contributed by atoms with Crippen LogP contribution >= 0.6 is 11.8 Å². The highest BCUT2D eigenvalue weighted by molar-refractivity contribution is 8.08. The Labute approximate surface area is 191 Å². The number of fused-ring (bicyclic) bond motifs is 3. The van der Waals surface area contributed by atoms with E-state index in [1.807, 2.05) is 60.7 Å². The van der Waals surface area contributed by atoms with Crippen LogP contribution < -0.4 is 5.32 Å². The van der Waals surface area contributed by atoms with Crippen molar-refractivity contribution in [2.24, 2.45) is 0 Å². The Morgan fingerprint density at radius 3 is 2.36 bits per heavy atom. The summed E-state index contributed by atoms with van der Waals surface area (Å²) in [5, 5.41) is 8.46. The Morgan fingerprint density at radius 1 is 0.939 bits per heavy atom. The molecule has 1 aliphatic rings. The molecular formula is C25H16F3N3OS. The molecule has 1 aromatic heterocycles. The number of benzene rings is 3. The number of halogens is 3. The fraction of sp³-hybridized carbons (Fsp3) is 0.0400. The molecule has 0 spiro atoms. The lowest BCUT2D eigenvalue weighted by Crippen LogP contribution is -2.08. The van der Waals surface area contributed by atoms with E-state index in [1.54, 1.807) is 4.68 Å². The molecule has 3 aromatic carbocycles. The summed E-state index contributed by atoms with van der Waals surface area (Å²) in [6.45, 7) is 0. The van der Waals surface area contributed by atoms with Gasteiger partial charge in [-0.3, -0.25) is 4.79 Å². The van der Waals surface area contributed by atoms with Crippen molar-refractivity contribution in [3.8, 4) is 11.3 Å². The fourth-order valence-electron chi connectivity index (χ4n) is 3.50. The molecule has 0 radical (unpaired) electrons. The summed E-state index contributed by atoms with van der Waals surface area (Å²) in [6.07, 6.45) is -3.04. The number of thioether (sulfide) groups is 1. The van der Waals surface area contributed by atoms with Crippen molar-refractivity contribution in [1.29, 1.82) is 0 Å². The number of nitrogens with zero attached hydrogens (tertiary/aromatic N) is 2. The van der Waals surface area contributed by atoms with E-state index in [1.165, 1.54) is 30.0 Å². The van der Waals surface area contributed by atoms with Gasteiger partial charge in [-0.1, -0.05) is 60.3 Å². The molecule has 2 heterocycles.